The fourth-order valence-electron chi connectivity index (χ4n) is 2.58. The van der Waals surface area contributed by atoms with Crippen LogP contribution in [0.1, 0.15) is 23.6 Å². The minimum Gasteiger partial charge on any atom is -0.490 e. The van der Waals surface area contributed by atoms with E-state index < -0.39 is 0 Å². The molecule has 0 saturated carbocycles. The van der Waals surface area contributed by atoms with Crippen LogP contribution < -0.4 is 14.8 Å². The standard InChI is InChI=1S/C21H22Cl2N2O4/c1-4-28-18-11-14(12-19(22)23)9-10-17(18)29-13-15-7-5-6-8-16(15)20(25-27-3)21(26)24-2/h5-12H,4,13H2,1-3H3,(H,24,26)/b25-20+. The van der Waals surface area contributed by atoms with E-state index in [0.717, 1.165) is 11.1 Å². The largest absolute Gasteiger partial charge is 0.490 e. The molecule has 2 aromatic carbocycles. The highest BCUT2D eigenvalue weighted by atomic mass is 35.5. The highest BCUT2D eigenvalue weighted by Gasteiger charge is 2.18. The van der Waals surface area contributed by atoms with Crippen molar-refractivity contribution in [2.45, 2.75) is 13.5 Å². The summed E-state index contributed by atoms with van der Waals surface area (Å²) in [7, 11) is 2.92. The van der Waals surface area contributed by atoms with Gasteiger partial charge >= 0.3 is 0 Å². The molecule has 0 fully saturated rings. The number of halogens is 2. The normalized spacial score (nSPS) is 10.9. The molecule has 0 radical (unpaired) electrons. The fourth-order valence-corrected chi connectivity index (χ4v) is 2.84. The van der Waals surface area contributed by atoms with Crippen LogP contribution in [-0.2, 0) is 16.2 Å². The van der Waals surface area contributed by atoms with Gasteiger partial charge in [-0.1, -0.05) is 58.7 Å². The number of carbonyl (C=O) groups excluding carboxylic acids is 1. The molecular weight excluding hydrogens is 415 g/mol. The second kappa shape index (κ2) is 11.3. The Hall–Kier alpha value is -2.70. The molecule has 8 heteroatoms. The molecule has 1 N–H and O–H groups in total. The maximum absolute atomic E-state index is 12.2. The molecule has 154 valence electrons. The Bertz CT molecular complexity index is 909. The van der Waals surface area contributed by atoms with Crippen molar-refractivity contribution in [3.05, 3.63) is 63.6 Å². The molecule has 2 rings (SSSR count). The molecule has 0 aliphatic heterocycles. The SMILES string of the molecule is CCOc1cc(C=C(Cl)Cl)ccc1OCc1ccccc1/C(=N\OC)C(=O)NC. The van der Waals surface area contributed by atoms with Crippen molar-refractivity contribution < 1.29 is 19.1 Å². The zero-order valence-corrected chi connectivity index (χ0v) is 17.9. The number of rotatable bonds is 9. The average molecular weight is 437 g/mol. The van der Waals surface area contributed by atoms with Crippen molar-refractivity contribution in [3.63, 3.8) is 0 Å². The number of nitrogens with zero attached hydrogens (tertiary/aromatic N) is 1. The van der Waals surface area contributed by atoms with E-state index in [-0.39, 0.29) is 22.7 Å². The number of amides is 1. The van der Waals surface area contributed by atoms with Gasteiger partial charge in [-0.2, -0.15) is 0 Å². The monoisotopic (exact) mass is 436 g/mol. The molecule has 0 aromatic heterocycles. The Balaban J connectivity index is 2.32. The van der Waals surface area contributed by atoms with E-state index in [1.165, 1.54) is 14.2 Å². The van der Waals surface area contributed by atoms with Gasteiger partial charge in [0.1, 0.15) is 18.2 Å². The van der Waals surface area contributed by atoms with Crippen LogP contribution >= 0.6 is 23.2 Å². The summed E-state index contributed by atoms with van der Waals surface area (Å²) in [4.78, 5) is 17.0. The molecule has 29 heavy (non-hydrogen) atoms. The molecule has 2 aromatic rings. The van der Waals surface area contributed by atoms with Gasteiger partial charge in [0.05, 0.1) is 6.61 Å². The van der Waals surface area contributed by atoms with Crippen LogP contribution in [0.4, 0.5) is 0 Å². The zero-order valence-electron chi connectivity index (χ0n) is 16.4. The molecule has 0 aliphatic rings. The van der Waals surface area contributed by atoms with Gasteiger partial charge in [-0.15, -0.1) is 0 Å². The van der Waals surface area contributed by atoms with Gasteiger partial charge < -0.3 is 19.6 Å². The summed E-state index contributed by atoms with van der Waals surface area (Å²) < 4.78 is 11.8. The number of hydrogen-bond acceptors (Lipinski definition) is 5. The topological polar surface area (TPSA) is 69.1 Å². The van der Waals surface area contributed by atoms with Crippen LogP contribution in [0.5, 0.6) is 11.5 Å². The summed E-state index contributed by atoms with van der Waals surface area (Å²) in [6.07, 6.45) is 1.61. The van der Waals surface area contributed by atoms with Crippen LogP contribution in [-0.4, -0.2) is 32.4 Å². The fraction of sp³-hybridized carbons (Fsp3) is 0.238. The van der Waals surface area contributed by atoms with E-state index in [4.69, 9.17) is 37.5 Å². The van der Waals surface area contributed by atoms with Gasteiger partial charge in [-0.3, -0.25) is 4.79 Å². The first-order valence-corrected chi connectivity index (χ1v) is 9.59. The Morgan fingerprint density at radius 3 is 2.55 bits per heavy atom. The summed E-state index contributed by atoms with van der Waals surface area (Å²) in [5, 5.41) is 6.42. The smallest absolute Gasteiger partial charge is 0.273 e. The third-order valence-electron chi connectivity index (χ3n) is 3.82. The lowest BCUT2D eigenvalue weighted by Crippen LogP contribution is -2.29. The second-order valence-electron chi connectivity index (χ2n) is 5.72. The van der Waals surface area contributed by atoms with E-state index in [2.05, 4.69) is 10.5 Å². The molecule has 0 unspecified atom stereocenters. The minimum absolute atomic E-state index is 0.147. The molecule has 1 amide bonds. The molecule has 0 atom stereocenters. The maximum Gasteiger partial charge on any atom is 0.273 e. The zero-order chi connectivity index (χ0) is 21.2. The molecule has 0 bridgehead atoms. The number of likely N-dealkylation sites (N-methyl/N-ethyl adjacent to an activating group) is 1. The number of nitrogens with one attached hydrogen (secondary N) is 1. The van der Waals surface area contributed by atoms with Crippen molar-refractivity contribution >= 4 is 40.9 Å². The number of carbonyl (C=O) groups is 1. The lowest BCUT2D eigenvalue weighted by molar-refractivity contribution is -0.114. The quantitative estimate of drug-likeness (QED) is 0.462. The van der Waals surface area contributed by atoms with Gasteiger partial charge in [0.15, 0.2) is 17.2 Å². The van der Waals surface area contributed by atoms with Gasteiger partial charge in [0.25, 0.3) is 5.91 Å². The van der Waals surface area contributed by atoms with Crippen LogP contribution in [0.3, 0.4) is 0 Å². The Labute approximate surface area is 180 Å². The number of ether oxygens (including phenoxy) is 2. The highest BCUT2D eigenvalue weighted by Crippen LogP contribution is 2.31. The van der Waals surface area contributed by atoms with Crippen LogP contribution in [0.2, 0.25) is 0 Å². The van der Waals surface area contributed by atoms with E-state index >= 15 is 0 Å². The van der Waals surface area contributed by atoms with Gasteiger partial charge in [0, 0.05) is 12.6 Å². The van der Waals surface area contributed by atoms with Crippen LogP contribution in [0.15, 0.2) is 52.1 Å². The third-order valence-corrected chi connectivity index (χ3v) is 4.04. The van der Waals surface area contributed by atoms with Crippen molar-refractivity contribution in [1.29, 1.82) is 0 Å². The van der Waals surface area contributed by atoms with Crippen LogP contribution in [0.25, 0.3) is 6.08 Å². The van der Waals surface area contributed by atoms with Crippen molar-refractivity contribution in [1.82, 2.24) is 5.32 Å². The molecule has 0 spiro atoms. The summed E-state index contributed by atoms with van der Waals surface area (Å²) in [5.41, 5.74) is 2.33. The summed E-state index contributed by atoms with van der Waals surface area (Å²) in [6.45, 7) is 2.55. The van der Waals surface area contributed by atoms with E-state index in [1.54, 1.807) is 24.3 Å². The summed E-state index contributed by atoms with van der Waals surface area (Å²) >= 11 is 11.5. The second-order valence-corrected chi connectivity index (χ2v) is 6.73. The van der Waals surface area contributed by atoms with Gasteiger partial charge in [0.2, 0.25) is 0 Å². The summed E-state index contributed by atoms with van der Waals surface area (Å²) in [6, 6.07) is 12.7. The average Bonchev–Trinajstić information content (AvgIpc) is 2.71. The molecule has 0 heterocycles. The molecule has 0 aliphatic carbocycles. The first-order chi connectivity index (χ1) is 14.0. The van der Waals surface area contributed by atoms with E-state index in [0.29, 0.717) is 23.7 Å². The first kappa shape index (κ1) is 22.6. The van der Waals surface area contributed by atoms with Crippen LogP contribution in [0, 0.1) is 0 Å². The first-order valence-electron chi connectivity index (χ1n) is 8.84. The van der Waals surface area contributed by atoms with Crippen molar-refractivity contribution in [3.8, 4) is 11.5 Å². The van der Waals surface area contributed by atoms with E-state index in [1.807, 2.05) is 31.2 Å². The lowest BCUT2D eigenvalue weighted by Gasteiger charge is -2.15. The Kier molecular flexibility index (Phi) is 8.83. The Morgan fingerprint density at radius 2 is 1.90 bits per heavy atom. The summed E-state index contributed by atoms with van der Waals surface area (Å²) in [5.74, 6) is 0.753. The number of oxime groups is 1. The lowest BCUT2D eigenvalue weighted by atomic mass is 10.0. The molecule has 6 nitrogen and oxygen atoms in total. The van der Waals surface area contributed by atoms with Gasteiger partial charge in [-0.05, 0) is 36.3 Å². The van der Waals surface area contributed by atoms with Crippen molar-refractivity contribution in [2.75, 3.05) is 20.8 Å². The molecule has 0 saturated heterocycles. The maximum atomic E-state index is 12.2. The van der Waals surface area contributed by atoms with Crippen molar-refractivity contribution in [2.24, 2.45) is 5.16 Å². The van der Waals surface area contributed by atoms with Gasteiger partial charge in [-0.25, -0.2) is 0 Å². The van der Waals surface area contributed by atoms with E-state index in [9.17, 15) is 4.79 Å². The third kappa shape index (κ3) is 6.41. The minimum atomic E-state index is -0.358. The number of hydrogen-bond donors (Lipinski definition) is 1. The predicted molar refractivity (Wildman–Crippen MR) is 116 cm³/mol. The number of benzene rings is 2. The molecular formula is C21H22Cl2N2O4. The predicted octanol–water partition coefficient (Wildman–Crippen LogP) is 4.54. The highest BCUT2D eigenvalue weighted by molar-refractivity contribution is 6.57. The Morgan fingerprint density at radius 1 is 1.14 bits per heavy atom.